The Morgan fingerprint density at radius 2 is 1.84 bits per heavy atom. The molecule has 3 aromatic rings. The summed E-state index contributed by atoms with van der Waals surface area (Å²) in [6, 6.07) is 18.9. The molecule has 0 saturated carbocycles. The van der Waals surface area contributed by atoms with Gasteiger partial charge in [-0.2, -0.15) is 10.2 Å². The van der Waals surface area contributed by atoms with Crippen molar-refractivity contribution in [2.75, 3.05) is 19.6 Å². The van der Waals surface area contributed by atoms with Gasteiger partial charge in [0.2, 0.25) is 11.2 Å². The maximum atomic E-state index is 9.33. The Hall–Kier alpha value is -3.14. The summed E-state index contributed by atoms with van der Waals surface area (Å²) in [6.45, 7) is 5.71. The number of rotatable bonds is 7. The Morgan fingerprint density at radius 3 is 2.56 bits per heavy atom. The summed E-state index contributed by atoms with van der Waals surface area (Å²) < 4.78 is 12.1. The Kier molecular flexibility index (Phi) is 7.21. The highest BCUT2D eigenvalue weighted by molar-refractivity contribution is 6.28. The first kappa shape index (κ1) is 22.1. The van der Waals surface area contributed by atoms with Crippen LogP contribution in [-0.2, 0) is 6.61 Å². The fraction of sp³-hybridized carbons (Fsp3) is 0.320. The van der Waals surface area contributed by atoms with Crippen LogP contribution < -0.4 is 9.47 Å². The summed E-state index contributed by atoms with van der Waals surface area (Å²) in [7, 11) is 0. The lowest BCUT2D eigenvalue weighted by atomic mass is 9.93. The normalized spacial score (nSPS) is 14.7. The van der Waals surface area contributed by atoms with Gasteiger partial charge in [0, 0.05) is 18.1 Å². The molecule has 6 nitrogen and oxygen atoms in total. The summed E-state index contributed by atoms with van der Waals surface area (Å²) in [5, 5.41) is 9.48. The summed E-state index contributed by atoms with van der Waals surface area (Å²) in [4.78, 5) is 11.1. The molecular formula is C25H25ClN4O2. The van der Waals surface area contributed by atoms with Gasteiger partial charge in [-0.3, -0.25) is 0 Å². The highest BCUT2D eigenvalue weighted by Crippen LogP contribution is 2.35. The maximum absolute atomic E-state index is 9.33. The monoisotopic (exact) mass is 448 g/mol. The largest absolute Gasteiger partial charge is 0.485 e. The maximum Gasteiger partial charge on any atom is 0.225 e. The van der Waals surface area contributed by atoms with Crippen molar-refractivity contribution < 1.29 is 9.47 Å². The van der Waals surface area contributed by atoms with Crippen LogP contribution in [0.25, 0.3) is 0 Å². The van der Waals surface area contributed by atoms with Crippen molar-refractivity contribution in [1.82, 2.24) is 14.9 Å². The molecule has 0 unspecified atom stereocenters. The Balaban J connectivity index is 1.55. The molecule has 32 heavy (non-hydrogen) atoms. The van der Waals surface area contributed by atoms with E-state index in [-0.39, 0.29) is 5.28 Å². The number of benzene rings is 2. The van der Waals surface area contributed by atoms with Gasteiger partial charge in [0.25, 0.3) is 0 Å². The lowest BCUT2D eigenvalue weighted by Crippen LogP contribution is -2.32. The molecule has 0 atom stereocenters. The summed E-state index contributed by atoms with van der Waals surface area (Å²) in [5.74, 6) is 1.61. The molecule has 164 valence electrons. The number of ether oxygens (including phenoxy) is 2. The molecule has 0 radical (unpaired) electrons. The number of halogens is 1. The average Bonchev–Trinajstić information content (AvgIpc) is 2.83. The fourth-order valence-corrected chi connectivity index (χ4v) is 4.03. The zero-order valence-corrected chi connectivity index (χ0v) is 18.8. The van der Waals surface area contributed by atoms with Crippen molar-refractivity contribution in [3.63, 3.8) is 0 Å². The molecule has 0 spiro atoms. The summed E-state index contributed by atoms with van der Waals surface area (Å²) >= 11 is 6.23. The smallest absolute Gasteiger partial charge is 0.225 e. The third-order valence-electron chi connectivity index (χ3n) is 5.67. The van der Waals surface area contributed by atoms with Crippen molar-refractivity contribution in [2.45, 2.75) is 32.3 Å². The number of hydrogen-bond acceptors (Lipinski definition) is 6. The van der Waals surface area contributed by atoms with Gasteiger partial charge in [-0.25, -0.2) is 4.98 Å². The van der Waals surface area contributed by atoms with E-state index in [1.807, 2.05) is 36.4 Å². The van der Waals surface area contributed by atoms with E-state index in [0.717, 1.165) is 43.7 Å². The zero-order chi connectivity index (χ0) is 22.3. The molecular weight excluding hydrogens is 424 g/mol. The topological polar surface area (TPSA) is 71.3 Å². The molecule has 7 heteroatoms. The van der Waals surface area contributed by atoms with Crippen molar-refractivity contribution in [2.24, 2.45) is 0 Å². The Bertz CT molecular complexity index is 1090. The lowest BCUT2D eigenvalue weighted by Gasteiger charge is -2.30. The van der Waals surface area contributed by atoms with E-state index < -0.39 is 0 Å². The second-order valence-electron chi connectivity index (χ2n) is 7.76. The van der Waals surface area contributed by atoms with Gasteiger partial charge in [0.1, 0.15) is 6.61 Å². The molecule has 2 heterocycles. The van der Waals surface area contributed by atoms with Gasteiger partial charge < -0.3 is 14.4 Å². The summed E-state index contributed by atoms with van der Waals surface area (Å²) in [5.41, 5.74) is 2.40. The first-order valence-electron chi connectivity index (χ1n) is 10.8. The van der Waals surface area contributed by atoms with Gasteiger partial charge in [-0.05, 0) is 61.8 Å². The van der Waals surface area contributed by atoms with Crippen LogP contribution >= 0.6 is 11.6 Å². The molecule has 1 fully saturated rings. The van der Waals surface area contributed by atoms with Crippen LogP contribution in [0.15, 0.2) is 54.6 Å². The van der Waals surface area contributed by atoms with Crippen LogP contribution in [0.1, 0.15) is 42.5 Å². The third-order valence-corrected chi connectivity index (χ3v) is 5.84. The highest BCUT2D eigenvalue weighted by Gasteiger charge is 2.22. The van der Waals surface area contributed by atoms with E-state index in [9.17, 15) is 5.26 Å². The van der Waals surface area contributed by atoms with Crippen LogP contribution in [0.5, 0.6) is 17.4 Å². The minimum Gasteiger partial charge on any atom is -0.485 e. The van der Waals surface area contributed by atoms with E-state index in [4.69, 9.17) is 21.1 Å². The van der Waals surface area contributed by atoms with Crippen LogP contribution in [0.4, 0.5) is 0 Å². The molecule has 0 bridgehead atoms. The molecule has 1 aromatic heterocycles. The molecule has 0 aliphatic carbocycles. The molecule has 1 aliphatic heterocycles. The Labute approximate surface area is 193 Å². The number of nitrogens with zero attached hydrogens (tertiary/aromatic N) is 4. The van der Waals surface area contributed by atoms with E-state index in [1.165, 1.54) is 0 Å². The number of aromatic nitrogens is 2. The van der Waals surface area contributed by atoms with Gasteiger partial charge in [0.05, 0.1) is 17.3 Å². The summed E-state index contributed by atoms with van der Waals surface area (Å²) in [6.07, 6.45) is 2.05. The molecule has 1 aliphatic rings. The van der Waals surface area contributed by atoms with Crippen LogP contribution in [0.2, 0.25) is 5.28 Å². The van der Waals surface area contributed by atoms with Crippen molar-refractivity contribution in [1.29, 1.82) is 5.26 Å². The minimum absolute atomic E-state index is 0.151. The van der Waals surface area contributed by atoms with Gasteiger partial charge in [0.15, 0.2) is 11.5 Å². The average molecular weight is 449 g/mol. The molecule has 4 rings (SSSR count). The number of likely N-dealkylation sites (tertiary alicyclic amines) is 1. The minimum atomic E-state index is 0.151. The second-order valence-corrected chi connectivity index (χ2v) is 8.10. The predicted octanol–water partition coefficient (Wildman–Crippen LogP) is 5.57. The van der Waals surface area contributed by atoms with Crippen molar-refractivity contribution in [3.05, 3.63) is 76.7 Å². The molecule has 2 aromatic carbocycles. The van der Waals surface area contributed by atoms with E-state index in [2.05, 4.69) is 27.9 Å². The van der Waals surface area contributed by atoms with Crippen LogP contribution in [-0.4, -0.2) is 34.5 Å². The van der Waals surface area contributed by atoms with E-state index >= 15 is 0 Å². The number of nitriles is 1. The zero-order valence-electron chi connectivity index (χ0n) is 18.0. The molecule has 1 saturated heterocycles. The predicted molar refractivity (Wildman–Crippen MR) is 123 cm³/mol. The SMILES string of the molecule is CCN1CCC(c2cc(Oc3cc(C#N)ccc3OCc3ccccc3)nc(Cl)n2)CC1. The number of piperidine rings is 1. The first-order valence-corrected chi connectivity index (χ1v) is 11.2. The first-order chi connectivity index (χ1) is 15.6. The van der Waals surface area contributed by atoms with Gasteiger partial charge in [-0.15, -0.1) is 0 Å². The molecule has 0 amide bonds. The molecule has 0 N–H and O–H groups in total. The quantitative estimate of drug-likeness (QED) is 0.440. The lowest BCUT2D eigenvalue weighted by molar-refractivity contribution is 0.220. The highest BCUT2D eigenvalue weighted by atomic mass is 35.5. The van der Waals surface area contributed by atoms with Gasteiger partial charge in [-0.1, -0.05) is 37.3 Å². The van der Waals surface area contributed by atoms with Crippen molar-refractivity contribution in [3.8, 4) is 23.4 Å². The third kappa shape index (κ3) is 5.56. The van der Waals surface area contributed by atoms with Gasteiger partial charge >= 0.3 is 0 Å². The fourth-order valence-electron chi connectivity index (χ4n) is 3.84. The number of hydrogen-bond donors (Lipinski definition) is 0. The second kappa shape index (κ2) is 10.4. The van der Waals surface area contributed by atoms with Crippen molar-refractivity contribution >= 4 is 11.6 Å². The van der Waals surface area contributed by atoms with Crippen LogP contribution in [0, 0.1) is 11.3 Å². The van der Waals surface area contributed by atoms with E-state index in [1.54, 1.807) is 18.2 Å². The standard InChI is InChI=1S/C25H25ClN4O2/c1-2-30-12-10-20(11-13-30)21-15-24(29-25(26)28-21)32-23-14-19(16-27)8-9-22(23)31-17-18-6-4-3-5-7-18/h3-9,14-15,20H,2,10-13,17H2,1H3. The van der Waals surface area contributed by atoms with E-state index in [0.29, 0.717) is 35.5 Å². The Morgan fingerprint density at radius 1 is 1.06 bits per heavy atom. The van der Waals surface area contributed by atoms with Crippen LogP contribution in [0.3, 0.4) is 0 Å².